The van der Waals surface area contributed by atoms with E-state index >= 15 is 0 Å². The Morgan fingerprint density at radius 2 is 1.92 bits per heavy atom. The zero-order valence-electron chi connectivity index (χ0n) is 14.6. The van der Waals surface area contributed by atoms with Gasteiger partial charge in [0, 0.05) is 11.4 Å². The van der Waals surface area contributed by atoms with E-state index in [1.54, 1.807) is 17.8 Å². The van der Waals surface area contributed by atoms with Crippen molar-refractivity contribution in [2.45, 2.75) is 26.2 Å². The Kier molecular flexibility index (Phi) is 8.16. The number of hydrogen-bond donors (Lipinski definition) is 1. The Bertz CT molecular complexity index is 693. The van der Waals surface area contributed by atoms with Crippen molar-refractivity contribution in [3.63, 3.8) is 0 Å². The summed E-state index contributed by atoms with van der Waals surface area (Å²) < 4.78 is 5.62. The first kappa shape index (κ1) is 19.7. The van der Waals surface area contributed by atoms with Crippen LogP contribution in [0.2, 0.25) is 5.02 Å². The van der Waals surface area contributed by atoms with E-state index in [4.69, 9.17) is 16.3 Å². The number of carbonyl (C=O) groups is 1. The van der Waals surface area contributed by atoms with Gasteiger partial charge in [-0.1, -0.05) is 55.8 Å². The van der Waals surface area contributed by atoms with Gasteiger partial charge in [-0.2, -0.15) is 0 Å². The molecular formula is C20H24ClNO2S. The van der Waals surface area contributed by atoms with Crippen molar-refractivity contribution < 1.29 is 9.53 Å². The maximum absolute atomic E-state index is 12.2. The molecule has 5 heteroatoms. The minimum atomic E-state index is 0.0125. The quantitative estimate of drug-likeness (QED) is 0.577. The fraction of sp³-hybridized carbons (Fsp3) is 0.350. The number of amides is 1. The molecule has 0 saturated heterocycles. The van der Waals surface area contributed by atoms with Gasteiger partial charge in [0.2, 0.25) is 5.91 Å². The molecule has 0 bridgehead atoms. The number of carbonyl (C=O) groups excluding carboxylic acids is 1. The Morgan fingerprint density at radius 3 is 2.68 bits per heavy atom. The number of ether oxygens (including phenoxy) is 1. The first-order valence-corrected chi connectivity index (χ1v) is 9.99. The lowest BCUT2D eigenvalue weighted by Gasteiger charge is -2.15. The molecule has 2 rings (SSSR count). The summed E-state index contributed by atoms with van der Waals surface area (Å²) in [4.78, 5) is 12.2. The second-order valence-electron chi connectivity index (χ2n) is 5.78. The highest BCUT2D eigenvalue weighted by atomic mass is 35.5. The van der Waals surface area contributed by atoms with Crippen LogP contribution in [0.3, 0.4) is 0 Å². The normalized spacial score (nSPS) is 11.8. The topological polar surface area (TPSA) is 38.3 Å². The summed E-state index contributed by atoms with van der Waals surface area (Å²) in [6.45, 7) is 4.84. The van der Waals surface area contributed by atoms with Gasteiger partial charge in [0.1, 0.15) is 5.75 Å². The number of halogens is 1. The number of thioether (sulfide) groups is 1. The molecule has 0 aliphatic rings. The predicted molar refractivity (Wildman–Crippen MR) is 108 cm³/mol. The van der Waals surface area contributed by atoms with Crippen LogP contribution in [0.5, 0.6) is 5.75 Å². The maximum atomic E-state index is 12.2. The Labute approximate surface area is 159 Å². The molecular weight excluding hydrogens is 354 g/mol. The third kappa shape index (κ3) is 6.29. The largest absolute Gasteiger partial charge is 0.491 e. The zero-order chi connectivity index (χ0) is 18.1. The van der Waals surface area contributed by atoms with Crippen LogP contribution in [0.15, 0.2) is 48.5 Å². The van der Waals surface area contributed by atoms with E-state index < -0.39 is 0 Å². The van der Waals surface area contributed by atoms with Crippen LogP contribution in [0, 0.1) is 0 Å². The highest BCUT2D eigenvalue weighted by Gasteiger charge is 2.11. The van der Waals surface area contributed by atoms with Gasteiger partial charge in [0.05, 0.1) is 17.4 Å². The molecule has 1 amide bonds. The Balaban J connectivity index is 1.74. The number of hydrogen-bond acceptors (Lipinski definition) is 3. The maximum Gasteiger partial charge on any atom is 0.234 e. The van der Waals surface area contributed by atoms with Gasteiger partial charge < -0.3 is 10.1 Å². The van der Waals surface area contributed by atoms with Crippen molar-refractivity contribution in [1.29, 1.82) is 0 Å². The second kappa shape index (κ2) is 10.4. The van der Waals surface area contributed by atoms with Crippen LogP contribution in [-0.4, -0.2) is 24.0 Å². The fourth-order valence-electron chi connectivity index (χ4n) is 2.38. The van der Waals surface area contributed by atoms with E-state index in [-0.39, 0.29) is 5.91 Å². The molecule has 0 heterocycles. The average molecular weight is 378 g/mol. The van der Waals surface area contributed by atoms with Gasteiger partial charge in [0.25, 0.3) is 0 Å². The van der Waals surface area contributed by atoms with Crippen molar-refractivity contribution in [1.82, 2.24) is 0 Å². The Hall–Kier alpha value is -1.65. The van der Waals surface area contributed by atoms with E-state index in [9.17, 15) is 4.79 Å². The SMILES string of the molecule is CC[C@@H](C)c1ccccc1NC(=O)CSCCOc1ccccc1Cl. The van der Waals surface area contributed by atoms with E-state index in [2.05, 4.69) is 25.2 Å². The molecule has 0 fully saturated rings. The monoisotopic (exact) mass is 377 g/mol. The summed E-state index contributed by atoms with van der Waals surface area (Å²) in [5.41, 5.74) is 2.10. The number of rotatable bonds is 9. The highest BCUT2D eigenvalue weighted by molar-refractivity contribution is 7.99. The molecule has 0 aromatic heterocycles. The molecule has 0 unspecified atom stereocenters. The summed E-state index contributed by atoms with van der Waals surface area (Å²) in [6.07, 6.45) is 1.04. The number of benzene rings is 2. The third-order valence-electron chi connectivity index (χ3n) is 3.93. The Morgan fingerprint density at radius 1 is 1.20 bits per heavy atom. The van der Waals surface area contributed by atoms with Gasteiger partial charge in [-0.25, -0.2) is 0 Å². The zero-order valence-corrected chi connectivity index (χ0v) is 16.2. The predicted octanol–water partition coefficient (Wildman–Crippen LogP) is 5.60. The van der Waals surface area contributed by atoms with Crippen molar-refractivity contribution in [3.8, 4) is 5.75 Å². The van der Waals surface area contributed by atoms with Crippen LogP contribution < -0.4 is 10.1 Å². The molecule has 134 valence electrons. The summed E-state index contributed by atoms with van der Waals surface area (Å²) in [7, 11) is 0. The molecule has 1 N–H and O–H groups in total. The molecule has 1 atom stereocenters. The van der Waals surface area contributed by atoms with Gasteiger partial charge in [-0.15, -0.1) is 11.8 Å². The van der Waals surface area contributed by atoms with E-state index in [1.165, 1.54) is 5.56 Å². The minimum absolute atomic E-state index is 0.0125. The van der Waals surface area contributed by atoms with Crippen molar-refractivity contribution in [3.05, 3.63) is 59.1 Å². The molecule has 2 aromatic rings. The van der Waals surface area contributed by atoms with Crippen molar-refractivity contribution >= 4 is 35.0 Å². The third-order valence-corrected chi connectivity index (χ3v) is 5.17. The summed E-state index contributed by atoms with van der Waals surface area (Å²) in [5, 5.41) is 3.63. The van der Waals surface area contributed by atoms with Crippen LogP contribution in [-0.2, 0) is 4.79 Å². The van der Waals surface area contributed by atoms with Crippen LogP contribution >= 0.6 is 23.4 Å². The highest BCUT2D eigenvalue weighted by Crippen LogP contribution is 2.26. The first-order chi connectivity index (χ1) is 12.1. The summed E-state index contributed by atoms with van der Waals surface area (Å²) >= 11 is 7.58. The van der Waals surface area contributed by atoms with Crippen molar-refractivity contribution in [2.24, 2.45) is 0 Å². The van der Waals surface area contributed by atoms with E-state index in [0.29, 0.717) is 29.0 Å². The van der Waals surface area contributed by atoms with Gasteiger partial charge in [0.15, 0.2) is 0 Å². The van der Waals surface area contributed by atoms with E-state index in [0.717, 1.165) is 17.9 Å². The van der Waals surface area contributed by atoms with Crippen LogP contribution in [0.1, 0.15) is 31.7 Å². The molecule has 0 aliphatic carbocycles. The molecule has 3 nitrogen and oxygen atoms in total. The molecule has 25 heavy (non-hydrogen) atoms. The number of para-hydroxylation sites is 2. The molecule has 0 radical (unpaired) electrons. The average Bonchev–Trinajstić information content (AvgIpc) is 2.62. The van der Waals surface area contributed by atoms with Crippen molar-refractivity contribution in [2.75, 3.05) is 23.4 Å². The summed E-state index contributed by atoms with van der Waals surface area (Å²) in [6, 6.07) is 15.4. The second-order valence-corrected chi connectivity index (χ2v) is 7.29. The lowest BCUT2D eigenvalue weighted by atomic mass is 9.97. The summed E-state index contributed by atoms with van der Waals surface area (Å²) in [5.74, 6) is 2.25. The molecule has 0 saturated carbocycles. The minimum Gasteiger partial charge on any atom is -0.491 e. The molecule has 0 spiro atoms. The van der Waals surface area contributed by atoms with Gasteiger partial charge in [-0.3, -0.25) is 4.79 Å². The lowest BCUT2D eigenvalue weighted by Crippen LogP contribution is -2.16. The standard InChI is InChI=1S/C20H24ClNO2S/c1-3-15(2)16-8-4-6-10-18(16)22-20(23)14-25-13-12-24-19-11-7-5-9-17(19)21/h4-11,15H,3,12-14H2,1-2H3,(H,22,23)/t15-/m1/s1. The van der Waals surface area contributed by atoms with Gasteiger partial charge in [-0.05, 0) is 36.1 Å². The van der Waals surface area contributed by atoms with Gasteiger partial charge >= 0.3 is 0 Å². The smallest absolute Gasteiger partial charge is 0.234 e. The van der Waals surface area contributed by atoms with E-state index in [1.807, 2.05) is 36.4 Å². The number of nitrogens with one attached hydrogen (secondary N) is 1. The first-order valence-electron chi connectivity index (χ1n) is 8.45. The molecule has 2 aromatic carbocycles. The molecule has 0 aliphatic heterocycles. The van der Waals surface area contributed by atoms with Crippen LogP contribution in [0.4, 0.5) is 5.69 Å². The fourth-order valence-corrected chi connectivity index (χ4v) is 3.18. The lowest BCUT2D eigenvalue weighted by molar-refractivity contribution is -0.113. The van der Waals surface area contributed by atoms with Crippen LogP contribution in [0.25, 0.3) is 0 Å². The number of anilines is 1.